The first-order valence-electron chi connectivity index (χ1n) is 8.63. The van der Waals surface area contributed by atoms with Crippen molar-refractivity contribution in [2.24, 2.45) is 0 Å². The van der Waals surface area contributed by atoms with E-state index in [1.807, 2.05) is 48.5 Å². The highest BCUT2D eigenvalue weighted by molar-refractivity contribution is 9.10. The van der Waals surface area contributed by atoms with Crippen LogP contribution in [0.3, 0.4) is 0 Å². The van der Waals surface area contributed by atoms with E-state index in [0.717, 1.165) is 14.9 Å². The number of halogens is 1. The molecule has 0 atom stereocenters. The topological polar surface area (TPSA) is 64.0 Å². The zero-order valence-corrected chi connectivity index (χ0v) is 17.4. The molecule has 1 N–H and O–H groups in total. The number of nitrogens with zero attached hydrogens (tertiary/aromatic N) is 2. The molecule has 0 aliphatic carbocycles. The minimum Gasteiger partial charge on any atom is -0.325 e. The Balaban J connectivity index is 1.64. The standard InChI is InChI=1S/C21H16BrN3O2S/c1-13-23-20-17(11-18(28-20)14-5-3-2-4-6-14)21(27)25(13)12-19(26)24-16-9-7-15(22)8-10-16/h2-11H,12H2,1H3,(H,24,26). The van der Waals surface area contributed by atoms with Crippen LogP contribution < -0.4 is 10.9 Å². The molecule has 2 aromatic carbocycles. The molecule has 0 unspecified atom stereocenters. The fourth-order valence-electron chi connectivity index (χ4n) is 2.93. The van der Waals surface area contributed by atoms with Gasteiger partial charge in [0.15, 0.2) is 0 Å². The summed E-state index contributed by atoms with van der Waals surface area (Å²) in [5.41, 5.74) is 1.52. The summed E-state index contributed by atoms with van der Waals surface area (Å²) in [6, 6.07) is 19.0. The molecule has 0 saturated heterocycles. The van der Waals surface area contributed by atoms with Crippen LogP contribution in [0.5, 0.6) is 0 Å². The Labute approximate surface area is 173 Å². The number of anilines is 1. The number of fused-ring (bicyclic) bond motifs is 1. The number of nitrogens with one attached hydrogen (secondary N) is 1. The maximum Gasteiger partial charge on any atom is 0.262 e. The van der Waals surface area contributed by atoms with Crippen LogP contribution in [0.15, 0.2) is 69.9 Å². The van der Waals surface area contributed by atoms with Crippen LogP contribution in [0.4, 0.5) is 5.69 Å². The van der Waals surface area contributed by atoms with Gasteiger partial charge in [-0.1, -0.05) is 46.3 Å². The second-order valence-electron chi connectivity index (χ2n) is 6.30. The number of benzene rings is 2. The number of hydrogen-bond acceptors (Lipinski definition) is 4. The van der Waals surface area contributed by atoms with Crippen molar-refractivity contribution in [3.8, 4) is 10.4 Å². The molecule has 140 valence electrons. The minimum atomic E-state index is -0.271. The second-order valence-corrected chi connectivity index (χ2v) is 8.25. The molecule has 0 aliphatic rings. The van der Waals surface area contributed by atoms with Gasteiger partial charge in [-0.25, -0.2) is 4.98 Å². The lowest BCUT2D eigenvalue weighted by Gasteiger charge is -2.10. The van der Waals surface area contributed by atoms with E-state index in [1.54, 1.807) is 19.1 Å². The lowest BCUT2D eigenvalue weighted by atomic mass is 10.2. The fraction of sp³-hybridized carbons (Fsp3) is 0.0952. The van der Waals surface area contributed by atoms with Crippen LogP contribution in [0, 0.1) is 6.92 Å². The lowest BCUT2D eigenvalue weighted by Crippen LogP contribution is -2.29. The highest BCUT2D eigenvalue weighted by Gasteiger charge is 2.15. The van der Waals surface area contributed by atoms with Gasteiger partial charge in [-0.15, -0.1) is 11.3 Å². The summed E-state index contributed by atoms with van der Waals surface area (Å²) in [4.78, 5) is 31.6. The van der Waals surface area contributed by atoms with Gasteiger partial charge in [0.25, 0.3) is 5.56 Å². The Morgan fingerprint density at radius 3 is 2.57 bits per heavy atom. The predicted molar refractivity (Wildman–Crippen MR) is 117 cm³/mol. The van der Waals surface area contributed by atoms with Crippen molar-refractivity contribution < 1.29 is 4.79 Å². The van der Waals surface area contributed by atoms with E-state index in [2.05, 4.69) is 26.2 Å². The second kappa shape index (κ2) is 7.69. The van der Waals surface area contributed by atoms with Gasteiger partial charge in [-0.05, 0) is 42.8 Å². The molecule has 5 nitrogen and oxygen atoms in total. The maximum absolute atomic E-state index is 13.0. The van der Waals surface area contributed by atoms with Gasteiger partial charge in [0.1, 0.15) is 17.2 Å². The highest BCUT2D eigenvalue weighted by Crippen LogP contribution is 2.30. The zero-order valence-electron chi connectivity index (χ0n) is 15.0. The van der Waals surface area contributed by atoms with Crippen molar-refractivity contribution in [3.05, 3.63) is 81.3 Å². The first-order chi connectivity index (χ1) is 13.5. The number of thiophene rings is 1. The lowest BCUT2D eigenvalue weighted by molar-refractivity contribution is -0.116. The molecule has 0 fully saturated rings. The summed E-state index contributed by atoms with van der Waals surface area (Å²) in [7, 11) is 0. The van der Waals surface area contributed by atoms with Crippen LogP contribution in [-0.4, -0.2) is 15.5 Å². The molecular formula is C21H16BrN3O2S. The van der Waals surface area contributed by atoms with E-state index in [4.69, 9.17) is 0 Å². The zero-order chi connectivity index (χ0) is 19.7. The molecule has 0 aliphatic heterocycles. The maximum atomic E-state index is 13.0. The molecule has 0 bridgehead atoms. The normalized spacial score (nSPS) is 10.9. The van der Waals surface area contributed by atoms with E-state index in [-0.39, 0.29) is 18.0 Å². The van der Waals surface area contributed by atoms with Gasteiger partial charge in [0.05, 0.1) is 5.39 Å². The Morgan fingerprint density at radius 2 is 1.86 bits per heavy atom. The molecule has 7 heteroatoms. The summed E-state index contributed by atoms with van der Waals surface area (Å²) in [5, 5.41) is 3.34. The van der Waals surface area contributed by atoms with E-state index >= 15 is 0 Å². The van der Waals surface area contributed by atoms with E-state index in [1.165, 1.54) is 15.9 Å². The van der Waals surface area contributed by atoms with E-state index in [9.17, 15) is 9.59 Å². The molecule has 4 rings (SSSR count). The van der Waals surface area contributed by atoms with Crippen molar-refractivity contribution in [2.75, 3.05) is 5.32 Å². The smallest absolute Gasteiger partial charge is 0.262 e. The van der Waals surface area contributed by atoms with Crippen LogP contribution in [0.2, 0.25) is 0 Å². The van der Waals surface area contributed by atoms with E-state index < -0.39 is 0 Å². The fourth-order valence-corrected chi connectivity index (χ4v) is 4.26. The monoisotopic (exact) mass is 453 g/mol. The Bertz CT molecular complexity index is 1210. The summed E-state index contributed by atoms with van der Waals surface area (Å²) < 4.78 is 2.34. The number of carbonyl (C=O) groups excluding carboxylic acids is 1. The van der Waals surface area contributed by atoms with Gasteiger partial charge in [-0.2, -0.15) is 0 Å². The van der Waals surface area contributed by atoms with Crippen LogP contribution >= 0.6 is 27.3 Å². The highest BCUT2D eigenvalue weighted by atomic mass is 79.9. The number of amides is 1. The number of aryl methyl sites for hydroxylation is 1. The first kappa shape index (κ1) is 18.6. The van der Waals surface area contributed by atoms with Crippen molar-refractivity contribution in [1.82, 2.24) is 9.55 Å². The minimum absolute atomic E-state index is 0.0831. The van der Waals surface area contributed by atoms with Crippen molar-refractivity contribution in [2.45, 2.75) is 13.5 Å². The summed E-state index contributed by atoms with van der Waals surface area (Å²) in [5.74, 6) is 0.247. The number of hydrogen-bond donors (Lipinski definition) is 1. The SMILES string of the molecule is Cc1nc2sc(-c3ccccc3)cc2c(=O)n1CC(=O)Nc1ccc(Br)cc1. The number of rotatable bonds is 4. The van der Waals surface area contributed by atoms with Gasteiger partial charge in [-0.3, -0.25) is 14.2 Å². The van der Waals surface area contributed by atoms with Gasteiger partial charge in [0, 0.05) is 15.0 Å². The molecule has 1 amide bonds. The molecular weight excluding hydrogens is 438 g/mol. The Morgan fingerprint density at radius 1 is 1.14 bits per heavy atom. The van der Waals surface area contributed by atoms with Gasteiger partial charge < -0.3 is 5.32 Å². The van der Waals surface area contributed by atoms with Crippen molar-refractivity contribution in [1.29, 1.82) is 0 Å². The number of carbonyl (C=O) groups is 1. The predicted octanol–water partition coefficient (Wildman–Crippen LogP) is 4.83. The molecule has 2 aromatic heterocycles. The molecule has 0 spiro atoms. The average molecular weight is 454 g/mol. The third-order valence-corrected chi connectivity index (χ3v) is 5.94. The van der Waals surface area contributed by atoms with E-state index in [0.29, 0.717) is 21.7 Å². The van der Waals surface area contributed by atoms with Crippen LogP contribution in [0.25, 0.3) is 20.7 Å². The third-order valence-electron chi connectivity index (χ3n) is 4.33. The first-order valence-corrected chi connectivity index (χ1v) is 10.2. The number of aromatic nitrogens is 2. The average Bonchev–Trinajstić information content (AvgIpc) is 3.12. The van der Waals surface area contributed by atoms with Crippen molar-refractivity contribution >= 4 is 49.1 Å². The largest absolute Gasteiger partial charge is 0.325 e. The van der Waals surface area contributed by atoms with Gasteiger partial charge in [0.2, 0.25) is 5.91 Å². The summed E-state index contributed by atoms with van der Waals surface area (Å²) in [6.07, 6.45) is 0. The molecule has 28 heavy (non-hydrogen) atoms. The molecule has 2 heterocycles. The summed E-state index contributed by atoms with van der Waals surface area (Å²) >= 11 is 4.84. The molecule has 0 saturated carbocycles. The Kier molecular flexibility index (Phi) is 5.11. The van der Waals surface area contributed by atoms with Crippen LogP contribution in [0.1, 0.15) is 5.82 Å². The van der Waals surface area contributed by atoms with Gasteiger partial charge >= 0.3 is 0 Å². The summed E-state index contributed by atoms with van der Waals surface area (Å²) in [6.45, 7) is 1.66. The Hall–Kier alpha value is -2.77. The van der Waals surface area contributed by atoms with Crippen LogP contribution in [-0.2, 0) is 11.3 Å². The molecule has 0 radical (unpaired) electrons. The third kappa shape index (κ3) is 3.76. The van der Waals surface area contributed by atoms with Crippen molar-refractivity contribution in [3.63, 3.8) is 0 Å². The quantitative estimate of drug-likeness (QED) is 0.480. The molecule has 4 aromatic rings.